The quantitative estimate of drug-likeness (QED) is 0.872. The average Bonchev–Trinajstić information content (AvgIpc) is 3.22. The van der Waals surface area contributed by atoms with Crippen LogP contribution in [0.1, 0.15) is 25.7 Å². The topological polar surface area (TPSA) is 85.2 Å². The van der Waals surface area contributed by atoms with Crippen LogP contribution in [0.3, 0.4) is 0 Å². The highest BCUT2D eigenvalue weighted by molar-refractivity contribution is 5.79. The fourth-order valence-corrected chi connectivity index (χ4v) is 4.68. The van der Waals surface area contributed by atoms with E-state index in [0.717, 1.165) is 38.4 Å². The van der Waals surface area contributed by atoms with Gasteiger partial charge in [0, 0.05) is 38.1 Å². The maximum Gasteiger partial charge on any atom is 0.237 e. The van der Waals surface area contributed by atoms with E-state index < -0.39 is 0 Å². The summed E-state index contributed by atoms with van der Waals surface area (Å²) in [5.74, 6) is 1.93. The molecule has 1 aromatic rings. The third-order valence-corrected chi connectivity index (χ3v) is 5.88. The highest BCUT2D eigenvalue weighted by Gasteiger charge is 2.42. The number of nitrogens with one attached hydrogen (secondary N) is 1. The second kappa shape index (κ2) is 6.96. The Balaban J connectivity index is 1.34. The average molecular weight is 340 g/mol. The molecule has 1 aliphatic carbocycles. The standard InChI is InChI=1S/C18H24N6O/c19-9-15-3-1-8-24(15)16(25)10-22-17-13-4-5-14(17)12-23(11-13)18-20-6-2-7-21-18/h2,6-7,13-15,17,22H,1,3-5,8,10-12H2/t13-,14-,15?/m0/s1. The highest BCUT2D eigenvalue weighted by Crippen LogP contribution is 2.37. The second-order valence-corrected chi connectivity index (χ2v) is 7.33. The number of nitriles is 1. The highest BCUT2D eigenvalue weighted by atomic mass is 16.2. The van der Waals surface area contributed by atoms with E-state index in [1.54, 1.807) is 17.3 Å². The van der Waals surface area contributed by atoms with Crippen LogP contribution >= 0.6 is 0 Å². The summed E-state index contributed by atoms with van der Waals surface area (Å²) in [6.45, 7) is 2.95. The Morgan fingerprint density at radius 2 is 1.96 bits per heavy atom. The Labute approximate surface area is 148 Å². The predicted molar refractivity (Wildman–Crippen MR) is 92.6 cm³/mol. The number of amides is 1. The first-order valence-corrected chi connectivity index (χ1v) is 9.20. The zero-order valence-corrected chi connectivity index (χ0v) is 14.3. The number of carbonyl (C=O) groups is 1. The van der Waals surface area contributed by atoms with Gasteiger partial charge in [-0.2, -0.15) is 5.26 Å². The van der Waals surface area contributed by atoms with Crippen molar-refractivity contribution in [3.05, 3.63) is 18.5 Å². The van der Waals surface area contributed by atoms with Gasteiger partial charge in [-0.1, -0.05) is 0 Å². The molecule has 1 amide bonds. The minimum atomic E-state index is -0.233. The van der Waals surface area contributed by atoms with Gasteiger partial charge in [-0.25, -0.2) is 9.97 Å². The molecule has 1 aromatic heterocycles. The lowest BCUT2D eigenvalue weighted by Gasteiger charge is -2.38. The van der Waals surface area contributed by atoms with Gasteiger partial charge in [0.1, 0.15) is 6.04 Å². The Hall–Kier alpha value is -2.20. The van der Waals surface area contributed by atoms with Gasteiger partial charge in [0.2, 0.25) is 11.9 Å². The number of fused-ring (bicyclic) bond motifs is 2. The number of anilines is 1. The van der Waals surface area contributed by atoms with Crippen LogP contribution < -0.4 is 10.2 Å². The Bertz CT molecular complexity index is 645. The lowest BCUT2D eigenvalue weighted by Crippen LogP contribution is -2.53. The van der Waals surface area contributed by atoms with E-state index in [-0.39, 0.29) is 11.9 Å². The van der Waals surface area contributed by atoms with Gasteiger partial charge in [0.25, 0.3) is 0 Å². The van der Waals surface area contributed by atoms with Crippen molar-refractivity contribution in [2.75, 3.05) is 31.1 Å². The molecule has 1 N–H and O–H groups in total. The molecule has 0 aromatic carbocycles. The summed E-state index contributed by atoms with van der Waals surface area (Å²) >= 11 is 0. The van der Waals surface area contributed by atoms with Crippen molar-refractivity contribution in [1.29, 1.82) is 5.26 Å². The molecule has 7 nitrogen and oxygen atoms in total. The predicted octanol–water partition coefficient (Wildman–Crippen LogP) is 0.796. The molecule has 3 aliphatic rings. The summed E-state index contributed by atoms with van der Waals surface area (Å²) in [6, 6.07) is 4.23. The van der Waals surface area contributed by atoms with Crippen LogP contribution in [0.5, 0.6) is 0 Å². The van der Waals surface area contributed by atoms with Crippen molar-refractivity contribution in [2.45, 2.75) is 37.8 Å². The molecule has 2 bridgehead atoms. The molecule has 132 valence electrons. The van der Waals surface area contributed by atoms with Gasteiger partial charge in [-0.05, 0) is 43.6 Å². The zero-order valence-electron chi connectivity index (χ0n) is 14.3. The van der Waals surface area contributed by atoms with Gasteiger partial charge >= 0.3 is 0 Å². The lowest BCUT2D eigenvalue weighted by atomic mass is 9.92. The number of nitrogens with zero attached hydrogens (tertiary/aromatic N) is 5. The van der Waals surface area contributed by atoms with E-state index in [0.29, 0.717) is 24.4 Å². The molecule has 7 heteroatoms. The van der Waals surface area contributed by atoms with Gasteiger partial charge in [0.15, 0.2) is 0 Å². The Kier molecular flexibility index (Phi) is 4.53. The van der Waals surface area contributed by atoms with Crippen molar-refractivity contribution >= 4 is 11.9 Å². The van der Waals surface area contributed by atoms with Crippen LogP contribution in [0.15, 0.2) is 18.5 Å². The van der Waals surface area contributed by atoms with Crippen molar-refractivity contribution in [3.8, 4) is 6.07 Å². The lowest BCUT2D eigenvalue weighted by molar-refractivity contribution is -0.130. The first-order chi connectivity index (χ1) is 12.3. The minimum Gasteiger partial charge on any atom is -0.340 e. The molecule has 0 spiro atoms. The summed E-state index contributed by atoms with van der Waals surface area (Å²) in [6.07, 6.45) is 7.69. The second-order valence-electron chi connectivity index (χ2n) is 7.33. The van der Waals surface area contributed by atoms with E-state index in [1.165, 1.54) is 12.8 Å². The molecule has 2 aliphatic heterocycles. The molecule has 1 unspecified atom stereocenters. The van der Waals surface area contributed by atoms with E-state index in [2.05, 4.69) is 26.3 Å². The van der Waals surface area contributed by atoms with Crippen molar-refractivity contribution < 1.29 is 4.79 Å². The number of rotatable bonds is 4. The number of hydrogen-bond donors (Lipinski definition) is 1. The maximum atomic E-state index is 12.5. The molecule has 2 saturated heterocycles. The minimum absolute atomic E-state index is 0.0669. The Morgan fingerprint density at radius 3 is 2.64 bits per heavy atom. The van der Waals surface area contributed by atoms with Crippen molar-refractivity contribution in [1.82, 2.24) is 20.2 Å². The van der Waals surface area contributed by atoms with Gasteiger partial charge < -0.3 is 15.1 Å². The van der Waals surface area contributed by atoms with Crippen LogP contribution in [0.25, 0.3) is 0 Å². The van der Waals surface area contributed by atoms with Crippen LogP contribution in [0.2, 0.25) is 0 Å². The largest absolute Gasteiger partial charge is 0.340 e. The van der Waals surface area contributed by atoms with Crippen LogP contribution in [-0.4, -0.2) is 59.0 Å². The summed E-state index contributed by atoms with van der Waals surface area (Å²) in [7, 11) is 0. The van der Waals surface area contributed by atoms with Crippen LogP contribution in [0, 0.1) is 23.2 Å². The molecular formula is C18H24N6O. The molecule has 0 radical (unpaired) electrons. The zero-order chi connectivity index (χ0) is 17.2. The first kappa shape index (κ1) is 16.3. The van der Waals surface area contributed by atoms with Gasteiger partial charge in [-0.3, -0.25) is 4.79 Å². The van der Waals surface area contributed by atoms with E-state index >= 15 is 0 Å². The molecule has 1 saturated carbocycles. The van der Waals surface area contributed by atoms with Gasteiger partial charge in [0.05, 0.1) is 12.6 Å². The van der Waals surface area contributed by atoms with E-state index in [4.69, 9.17) is 5.26 Å². The number of hydrogen-bond acceptors (Lipinski definition) is 6. The number of piperidine rings is 1. The van der Waals surface area contributed by atoms with E-state index in [1.807, 2.05) is 6.07 Å². The van der Waals surface area contributed by atoms with Crippen LogP contribution in [0.4, 0.5) is 5.95 Å². The molecule has 4 rings (SSSR count). The fraction of sp³-hybridized carbons (Fsp3) is 0.667. The maximum absolute atomic E-state index is 12.5. The molecule has 25 heavy (non-hydrogen) atoms. The van der Waals surface area contributed by atoms with E-state index in [9.17, 15) is 4.79 Å². The summed E-state index contributed by atoms with van der Waals surface area (Å²) in [4.78, 5) is 25.2. The summed E-state index contributed by atoms with van der Waals surface area (Å²) < 4.78 is 0. The fourth-order valence-electron chi connectivity index (χ4n) is 4.68. The van der Waals surface area contributed by atoms with Crippen molar-refractivity contribution in [3.63, 3.8) is 0 Å². The van der Waals surface area contributed by atoms with Gasteiger partial charge in [-0.15, -0.1) is 0 Å². The smallest absolute Gasteiger partial charge is 0.237 e. The normalized spacial score (nSPS) is 31.2. The summed E-state index contributed by atoms with van der Waals surface area (Å²) in [5.41, 5.74) is 0. The molecular weight excluding hydrogens is 316 g/mol. The SMILES string of the molecule is N#CC1CCCN1C(=O)CNC1[C@H]2CC[C@H]1CN(c1ncccn1)C2. The first-order valence-electron chi connectivity index (χ1n) is 9.20. The third-order valence-electron chi connectivity index (χ3n) is 5.88. The number of likely N-dealkylation sites (tertiary alicyclic amines) is 1. The monoisotopic (exact) mass is 340 g/mol. The summed E-state index contributed by atoms with van der Waals surface area (Å²) in [5, 5.41) is 12.7. The van der Waals surface area contributed by atoms with Crippen LogP contribution in [-0.2, 0) is 4.79 Å². The third kappa shape index (κ3) is 3.19. The number of carbonyl (C=O) groups excluding carboxylic acids is 1. The Morgan fingerprint density at radius 1 is 1.24 bits per heavy atom. The molecule has 3 heterocycles. The molecule has 3 fully saturated rings. The number of aromatic nitrogens is 2. The molecule has 3 atom stereocenters. The van der Waals surface area contributed by atoms with Crippen molar-refractivity contribution in [2.24, 2.45) is 11.8 Å².